The molecule has 0 radical (unpaired) electrons. The van der Waals surface area contributed by atoms with Crippen LogP contribution in [0.2, 0.25) is 0 Å². The molecule has 9 N–H and O–H groups in total. The SMILES string of the molecule is CCCCCCCCCCCCCC(OCCCCCCCCCCCCO)(OCCCCCCCCCCCCO)C(OCCCCCCCCCCCCO)(OCCCCCCCCCCCCO)C(OCCCCCCCCCCCCO)(OCCCCCCCCCCCCO)C(OCCCCCCCCCCCCO)(OCCCCCCCCCCCCO)C(=O)O. The molecule has 792 valence electrons. The van der Waals surface area contributed by atoms with Crippen molar-refractivity contribution in [1.82, 2.24) is 0 Å². The molecule has 0 amide bonds. The number of hydrogen-bond donors (Lipinski definition) is 9. The Morgan fingerprint density at radius 2 is 0.288 bits per heavy atom. The smallest absolute Gasteiger partial charge is 0.370 e. The van der Waals surface area contributed by atoms with Crippen molar-refractivity contribution in [1.29, 1.82) is 0 Å². The molecule has 0 aromatic rings. The average molecular weight is 1890 g/mol. The summed E-state index contributed by atoms with van der Waals surface area (Å²) in [6, 6.07) is 0. The molecule has 0 fully saturated rings. The van der Waals surface area contributed by atoms with Crippen LogP contribution in [0.1, 0.15) is 598 Å². The van der Waals surface area contributed by atoms with Gasteiger partial charge in [-0.15, -0.1) is 0 Å². The molecule has 0 rings (SSSR count). The molecule has 132 heavy (non-hydrogen) atoms. The number of aliphatic carboxylic acids is 1. The largest absolute Gasteiger partial charge is 0.477 e. The van der Waals surface area contributed by atoms with Gasteiger partial charge in [0.25, 0.3) is 11.6 Å². The molecule has 0 bridgehead atoms. The molecule has 18 heteroatoms. The van der Waals surface area contributed by atoms with Gasteiger partial charge in [-0.25, -0.2) is 4.79 Å². The summed E-state index contributed by atoms with van der Waals surface area (Å²) in [5, 5.41) is 89.9. The summed E-state index contributed by atoms with van der Waals surface area (Å²) in [4.78, 5) is 16.6. The van der Waals surface area contributed by atoms with Crippen molar-refractivity contribution < 1.29 is 88.6 Å². The van der Waals surface area contributed by atoms with Crippen LogP contribution in [0.15, 0.2) is 0 Å². The maximum atomic E-state index is 16.6. The van der Waals surface area contributed by atoms with Crippen molar-refractivity contribution in [3.8, 4) is 0 Å². The van der Waals surface area contributed by atoms with Gasteiger partial charge >= 0.3 is 11.8 Å². The van der Waals surface area contributed by atoms with E-state index in [1.54, 1.807) is 0 Å². The average Bonchev–Trinajstić information content (AvgIpc) is 0.690. The lowest BCUT2D eigenvalue weighted by Crippen LogP contribution is -2.83. The number of unbranched alkanes of at least 4 members (excludes halogenated alkanes) is 82. The fourth-order valence-corrected chi connectivity index (χ4v) is 19.2. The number of hydrogen-bond acceptors (Lipinski definition) is 17. The van der Waals surface area contributed by atoms with Crippen LogP contribution in [0.3, 0.4) is 0 Å². The van der Waals surface area contributed by atoms with Crippen molar-refractivity contribution >= 4 is 5.97 Å². The Morgan fingerprint density at radius 1 is 0.159 bits per heavy atom. The Morgan fingerprint density at radius 3 is 0.447 bits per heavy atom. The summed E-state index contributed by atoms with van der Waals surface area (Å²) in [7, 11) is 0. The summed E-state index contributed by atoms with van der Waals surface area (Å²) >= 11 is 0. The van der Waals surface area contributed by atoms with Gasteiger partial charge in [-0.1, -0.05) is 482 Å². The fraction of sp³-hybridized carbons (Fsp3) is 0.991. The standard InChI is InChI=1S/C114H228O18/c1-2-3-4-5-6-7-8-25-42-59-76-93-111(125-102-85-68-51-34-17-9-26-43-60-77-94-115,126-103-86-69-52-35-18-10-27-44-61-78-95-116)113(129-106-89-72-55-38-21-13-30-47-64-81-98-119,130-107-90-73-56-39-22-14-31-48-65-82-99-120)114(131-108-91-74-57-40-23-15-32-49-66-83-100-121,132-109-92-75-58-41-24-16-33-50-67-84-101-122)112(110(123)124,127-104-87-70-53-36-19-11-28-45-62-79-96-117)128-105-88-71-54-37-20-12-29-46-63-80-97-118/h115-122H,2-109H2,1H3,(H,123,124). The van der Waals surface area contributed by atoms with Crippen molar-refractivity contribution in [2.75, 3.05) is 106 Å². The van der Waals surface area contributed by atoms with E-state index in [1.807, 2.05) is 0 Å². The molecule has 18 nitrogen and oxygen atoms in total. The minimum absolute atomic E-state index is 0.0534. The number of rotatable bonds is 120. The van der Waals surface area contributed by atoms with E-state index in [-0.39, 0.29) is 92.5 Å². The lowest BCUT2D eigenvalue weighted by atomic mass is 9.83. The minimum atomic E-state index is -2.71. The third-order valence-electron chi connectivity index (χ3n) is 27.7. The highest BCUT2D eigenvalue weighted by atomic mass is 16.9. The molecular formula is C114H228O18. The number of aliphatic hydroxyl groups excluding tert-OH is 8. The quantitative estimate of drug-likeness (QED) is 0.0202. The summed E-state index contributed by atoms with van der Waals surface area (Å²) in [5.41, 5.74) is 0. The van der Waals surface area contributed by atoms with Crippen molar-refractivity contribution in [3.05, 3.63) is 0 Å². The van der Waals surface area contributed by atoms with Crippen LogP contribution in [-0.4, -0.2) is 181 Å². The molecule has 0 aromatic heterocycles. The van der Waals surface area contributed by atoms with Gasteiger partial charge < -0.3 is 83.9 Å². The van der Waals surface area contributed by atoms with E-state index in [0.29, 0.717) is 64.6 Å². The zero-order valence-electron chi connectivity index (χ0n) is 87.6. The number of carboxylic acid groups (broad SMARTS) is 1. The van der Waals surface area contributed by atoms with Gasteiger partial charge in [-0.3, -0.25) is 0 Å². The Balaban J connectivity index is 9.94. The highest BCUT2D eigenvalue weighted by Gasteiger charge is 2.81. The molecule has 0 aliphatic carbocycles. The van der Waals surface area contributed by atoms with Crippen LogP contribution < -0.4 is 0 Å². The monoisotopic (exact) mass is 1890 g/mol. The molecular weight excluding hydrogens is 1660 g/mol. The van der Waals surface area contributed by atoms with Crippen molar-refractivity contribution in [2.45, 2.75) is 621 Å². The maximum Gasteiger partial charge on any atom is 0.370 e. The van der Waals surface area contributed by atoms with Crippen LogP contribution in [0.25, 0.3) is 0 Å². The fourth-order valence-electron chi connectivity index (χ4n) is 19.2. The zero-order valence-corrected chi connectivity index (χ0v) is 87.6. The van der Waals surface area contributed by atoms with Crippen LogP contribution in [0, 0.1) is 0 Å². The number of carbonyl (C=O) groups is 1. The summed E-state index contributed by atoms with van der Waals surface area (Å²) in [6.45, 7) is 5.53. The normalized spacial score (nSPS) is 12.4. The zero-order chi connectivity index (χ0) is 95.6. The van der Waals surface area contributed by atoms with E-state index < -0.39 is 29.1 Å². The second-order valence-corrected chi connectivity index (χ2v) is 40.1. The molecule has 0 aliphatic heterocycles. The molecule has 0 aliphatic rings. The molecule has 0 saturated carbocycles. The first-order valence-electron chi connectivity index (χ1n) is 58.5. The van der Waals surface area contributed by atoms with Crippen LogP contribution in [0.4, 0.5) is 0 Å². The van der Waals surface area contributed by atoms with Gasteiger partial charge in [0.05, 0.1) is 52.9 Å². The lowest BCUT2D eigenvalue weighted by Gasteiger charge is -2.59. The van der Waals surface area contributed by atoms with E-state index in [4.69, 9.17) is 37.9 Å². The van der Waals surface area contributed by atoms with Gasteiger partial charge in [0.2, 0.25) is 5.79 Å². The van der Waals surface area contributed by atoms with E-state index in [2.05, 4.69) is 6.92 Å². The third kappa shape index (κ3) is 76.6. The predicted octanol–water partition coefficient (Wildman–Crippen LogP) is 30.8. The Kier molecular flexibility index (Phi) is 106. The first-order chi connectivity index (χ1) is 65.2. The van der Waals surface area contributed by atoms with Gasteiger partial charge in [-0.2, -0.15) is 0 Å². The number of ether oxygens (including phenoxy) is 8. The second kappa shape index (κ2) is 107. The Labute approximate surface area is 816 Å². The molecule has 0 heterocycles. The van der Waals surface area contributed by atoms with E-state index in [9.17, 15) is 46.0 Å². The number of carboxylic acids is 1. The molecule has 0 saturated heterocycles. The van der Waals surface area contributed by atoms with Gasteiger partial charge in [0.15, 0.2) is 0 Å². The number of aliphatic hydroxyl groups is 8. The first kappa shape index (κ1) is 131. The highest BCUT2D eigenvalue weighted by molar-refractivity contribution is 5.78. The van der Waals surface area contributed by atoms with E-state index >= 15 is 4.79 Å². The van der Waals surface area contributed by atoms with Gasteiger partial charge in [-0.05, 0) is 109 Å². The molecule has 0 unspecified atom stereocenters. The van der Waals surface area contributed by atoms with Crippen molar-refractivity contribution in [3.63, 3.8) is 0 Å². The Hall–Kier alpha value is -1.17. The third-order valence-corrected chi connectivity index (χ3v) is 27.7. The second-order valence-electron chi connectivity index (χ2n) is 40.1. The van der Waals surface area contributed by atoms with Crippen molar-refractivity contribution in [2.24, 2.45) is 0 Å². The van der Waals surface area contributed by atoms with Gasteiger partial charge in [0.1, 0.15) is 0 Å². The summed E-state index contributed by atoms with van der Waals surface area (Å²) < 4.78 is 64.8. The molecule has 0 atom stereocenters. The maximum absolute atomic E-state index is 16.6. The topological polar surface area (TPSA) is 273 Å². The highest BCUT2D eigenvalue weighted by Crippen LogP contribution is 2.55. The lowest BCUT2D eigenvalue weighted by molar-refractivity contribution is -0.540. The predicted molar refractivity (Wildman–Crippen MR) is 553 cm³/mol. The summed E-state index contributed by atoms with van der Waals surface area (Å²) in [6.07, 6.45) is 93.6. The first-order valence-corrected chi connectivity index (χ1v) is 58.5. The van der Waals surface area contributed by atoms with Gasteiger partial charge in [0, 0.05) is 59.3 Å². The van der Waals surface area contributed by atoms with E-state index in [1.165, 1.54) is 70.6 Å². The van der Waals surface area contributed by atoms with Crippen LogP contribution in [0.5, 0.6) is 0 Å². The Bertz CT molecular complexity index is 2050. The van der Waals surface area contributed by atoms with Crippen LogP contribution >= 0.6 is 0 Å². The summed E-state index contributed by atoms with van der Waals surface area (Å²) in [5.74, 6) is -10.7. The molecule has 0 spiro atoms. The molecule has 0 aromatic carbocycles. The van der Waals surface area contributed by atoms with E-state index in [0.717, 1.165) is 469 Å². The minimum Gasteiger partial charge on any atom is -0.477 e. The van der Waals surface area contributed by atoms with Crippen LogP contribution in [-0.2, 0) is 42.7 Å².